The van der Waals surface area contributed by atoms with Crippen LogP contribution >= 0.6 is 0 Å². The Kier molecular flexibility index (Phi) is 6.25. The molecule has 1 fully saturated rings. The average Bonchev–Trinajstić information content (AvgIpc) is 3.16. The zero-order chi connectivity index (χ0) is 20.1. The topological polar surface area (TPSA) is 40.9 Å². The number of imidazole rings is 1. The van der Waals surface area contributed by atoms with E-state index in [0.717, 1.165) is 56.0 Å². The van der Waals surface area contributed by atoms with Gasteiger partial charge in [-0.25, -0.2) is 4.98 Å². The summed E-state index contributed by atoms with van der Waals surface area (Å²) >= 11 is 0. The summed E-state index contributed by atoms with van der Waals surface area (Å²) in [4.78, 5) is 21.8. The second-order valence-electron chi connectivity index (χ2n) is 7.95. The zero-order valence-electron chi connectivity index (χ0n) is 17.3. The van der Waals surface area contributed by atoms with Gasteiger partial charge in [-0.2, -0.15) is 0 Å². The van der Waals surface area contributed by atoms with Crippen LogP contribution in [0.15, 0.2) is 54.9 Å². The van der Waals surface area contributed by atoms with E-state index in [1.807, 2.05) is 29.3 Å². The molecule has 5 heteroatoms. The molecule has 29 heavy (non-hydrogen) atoms. The molecule has 0 N–H and O–H groups in total. The highest BCUT2D eigenvalue weighted by Crippen LogP contribution is 2.13. The summed E-state index contributed by atoms with van der Waals surface area (Å²) < 4.78 is 2.06. The van der Waals surface area contributed by atoms with Crippen molar-refractivity contribution in [2.45, 2.75) is 39.2 Å². The second-order valence-corrected chi connectivity index (χ2v) is 7.95. The summed E-state index contributed by atoms with van der Waals surface area (Å²) in [5.74, 6) is 0.235. The number of aryl methyl sites for hydroxylation is 1. The predicted octanol–water partition coefficient (Wildman–Crippen LogP) is 3.56. The number of carbonyl (C=O) groups excluding carboxylic acids is 1. The third-order valence-corrected chi connectivity index (χ3v) is 5.72. The van der Waals surface area contributed by atoms with Gasteiger partial charge in [0.25, 0.3) is 0 Å². The standard InChI is InChI=1S/C24H30N4O/c1-2-3-6-20-8-10-21(11-9-20)17-24(29)27-15-13-26(14-16-27)18-22-19-28-12-5-4-7-23(28)25-22/h4-5,7-12,19H,2-3,6,13-18H2,1H3. The Morgan fingerprint density at radius 1 is 1.00 bits per heavy atom. The summed E-state index contributed by atoms with van der Waals surface area (Å²) in [7, 11) is 0. The van der Waals surface area contributed by atoms with Crippen LogP contribution in [-0.2, 0) is 24.2 Å². The number of unbranched alkanes of at least 4 members (excludes halogenated alkanes) is 1. The highest BCUT2D eigenvalue weighted by Gasteiger charge is 2.21. The number of fused-ring (bicyclic) bond motifs is 1. The van der Waals surface area contributed by atoms with E-state index in [2.05, 4.69) is 51.7 Å². The van der Waals surface area contributed by atoms with Crippen molar-refractivity contribution in [3.8, 4) is 0 Å². The lowest BCUT2D eigenvalue weighted by Crippen LogP contribution is -2.48. The highest BCUT2D eigenvalue weighted by atomic mass is 16.2. The monoisotopic (exact) mass is 390 g/mol. The molecule has 5 nitrogen and oxygen atoms in total. The van der Waals surface area contributed by atoms with Crippen LogP contribution in [0.2, 0.25) is 0 Å². The molecule has 3 heterocycles. The summed E-state index contributed by atoms with van der Waals surface area (Å²) in [6.45, 7) is 6.43. The molecule has 0 unspecified atom stereocenters. The third-order valence-electron chi connectivity index (χ3n) is 5.72. The molecule has 0 radical (unpaired) electrons. The molecule has 0 bridgehead atoms. The predicted molar refractivity (Wildman–Crippen MR) is 116 cm³/mol. The van der Waals surface area contributed by atoms with Gasteiger partial charge in [-0.15, -0.1) is 0 Å². The van der Waals surface area contributed by atoms with E-state index in [0.29, 0.717) is 6.42 Å². The van der Waals surface area contributed by atoms with Gasteiger partial charge in [0.15, 0.2) is 0 Å². The Morgan fingerprint density at radius 2 is 1.76 bits per heavy atom. The van der Waals surface area contributed by atoms with Crippen molar-refractivity contribution < 1.29 is 4.79 Å². The summed E-state index contributed by atoms with van der Waals surface area (Å²) in [5, 5.41) is 0. The molecular formula is C24H30N4O. The van der Waals surface area contributed by atoms with E-state index in [-0.39, 0.29) is 5.91 Å². The van der Waals surface area contributed by atoms with Crippen molar-refractivity contribution in [3.05, 3.63) is 71.7 Å². The fraction of sp³-hybridized carbons (Fsp3) is 0.417. The largest absolute Gasteiger partial charge is 0.340 e. The van der Waals surface area contributed by atoms with Crippen molar-refractivity contribution in [1.82, 2.24) is 19.2 Å². The fourth-order valence-corrected chi connectivity index (χ4v) is 3.94. The van der Waals surface area contributed by atoms with Crippen LogP contribution in [0.5, 0.6) is 0 Å². The molecule has 0 atom stereocenters. The first-order chi connectivity index (χ1) is 14.2. The van der Waals surface area contributed by atoms with Crippen LogP contribution in [0, 0.1) is 0 Å². The van der Waals surface area contributed by atoms with Gasteiger partial charge in [0.1, 0.15) is 5.65 Å². The van der Waals surface area contributed by atoms with Gasteiger partial charge >= 0.3 is 0 Å². The van der Waals surface area contributed by atoms with Gasteiger partial charge in [0, 0.05) is 45.1 Å². The van der Waals surface area contributed by atoms with Crippen molar-refractivity contribution in [1.29, 1.82) is 0 Å². The van der Waals surface area contributed by atoms with Crippen molar-refractivity contribution in [3.63, 3.8) is 0 Å². The van der Waals surface area contributed by atoms with Gasteiger partial charge < -0.3 is 9.30 Å². The van der Waals surface area contributed by atoms with E-state index in [1.54, 1.807) is 0 Å². The smallest absolute Gasteiger partial charge is 0.227 e. The van der Waals surface area contributed by atoms with Crippen LogP contribution in [0.3, 0.4) is 0 Å². The number of hydrogen-bond acceptors (Lipinski definition) is 3. The van der Waals surface area contributed by atoms with E-state index in [4.69, 9.17) is 0 Å². The number of rotatable bonds is 7. The number of pyridine rings is 1. The highest BCUT2D eigenvalue weighted by molar-refractivity contribution is 5.78. The molecule has 2 aromatic heterocycles. The van der Waals surface area contributed by atoms with Crippen LogP contribution in [0.1, 0.15) is 36.6 Å². The Morgan fingerprint density at radius 3 is 2.48 bits per heavy atom. The Balaban J connectivity index is 1.26. The van der Waals surface area contributed by atoms with Crippen LogP contribution in [-0.4, -0.2) is 51.3 Å². The maximum atomic E-state index is 12.7. The fourth-order valence-electron chi connectivity index (χ4n) is 3.94. The maximum Gasteiger partial charge on any atom is 0.227 e. The third kappa shape index (κ3) is 5.04. The molecule has 152 valence electrons. The maximum absolute atomic E-state index is 12.7. The van der Waals surface area contributed by atoms with Gasteiger partial charge in [-0.05, 0) is 36.1 Å². The minimum absolute atomic E-state index is 0.235. The van der Waals surface area contributed by atoms with Crippen LogP contribution in [0.4, 0.5) is 0 Å². The molecule has 0 spiro atoms. The zero-order valence-corrected chi connectivity index (χ0v) is 17.3. The molecule has 1 aromatic carbocycles. The van der Waals surface area contributed by atoms with Crippen molar-refractivity contribution >= 4 is 11.6 Å². The van der Waals surface area contributed by atoms with E-state index < -0.39 is 0 Å². The minimum atomic E-state index is 0.235. The van der Waals surface area contributed by atoms with Gasteiger partial charge in [-0.1, -0.05) is 43.7 Å². The van der Waals surface area contributed by atoms with E-state index in [1.165, 1.54) is 18.4 Å². The molecule has 0 aliphatic carbocycles. The lowest BCUT2D eigenvalue weighted by molar-refractivity contribution is -0.132. The van der Waals surface area contributed by atoms with Crippen molar-refractivity contribution in [2.75, 3.05) is 26.2 Å². The number of hydrogen-bond donors (Lipinski definition) is 0. The molecule has 3 aromatic rings. The second kappa shape index (κ2) is 9.23. The van der Waals surface area contributed by atoms with Gasteiger partial charge in [0.05, 0.1) is 12.1 Å². The van der Waals surface area contributed by atoms with Crippen LogP contribution in [0.25, 0.3) is 5.65 Å². The van der Waals surface area contributed by atoms with E-state index >= 15 is 0 Å². The molecular weight excluding hydrogens is 360 g/mol. The summed E-state index contributed by atoms with van der Waals surface area (Å²) in [6.07, 6.45) is 8.18. The average molecular weight is 391 g/mol. The molecule has 0 saturated carbocycles. The minimum Gasteiger partial charge on any atom is -0.340 e. The summed E-state index contributed by atoms with van der Waals surface area (Å²) in [6, 6.07) is 14.6. The lowest BCUT2D eigenvalue weighted by atomic mass is 10.0. The number of aromatic nitrogens is 2. The first-order valence-electron chi connectivity index (χ1n) is 10.7. The normalized spacial score (nSPS) is 15.1. The van der Waals surface area contributed by atoms with Crippen LogP contribution < -0.4 is 0 Å². The Hall–Kier alpha value is -2.66. The Labute approximate surface area is 173 Å². The molecule has 1 aliphatic rings. The lowest BCUT2D eigenvalue weighted by Gasteiger charge is -2.34. The van der Waals surface area contributed by atoms with Gasteiger partial charge in [-0.3, -0.25) is 9.69 Å². The molecule has 1 aliphatic heterocycles. The number of piperazine rings is 1. The molecule has 1 saturated heterocycles. The first-order valence-corrected chi connectivity index (χ1v) is 10.7. The number of nitrogens with zero attached hydrogens (tertiary/aromatic N) is 4. The van der Waals surface area contributed by atoms with Crippen molar-refractivity contribution in [2.24, 2.45) is 0 Å². The number of carbonyl (C=O) groups is 1. The van der Waals surface area contributed by atoms with Gasteiger partial charge in [0.2, 0.25) is 5.91 Å². The first kappa shape index (κ1) is 19.6. The Bertz CT molecular complexity index is 906. The molecule has 4 rings (SSSR count). The number of amides is 1. The van der Waals surface area contributed by atoms with E-state index in [9.17, 15) is 4.79 Å². The summed E-state index contributed by atoms with van der Waals surface area (Å²) in [5.41, 5.74) is 4.54. The quantitative estimate of drug-likeness (QED) is 0.619. The SMILES string of the molecule is CCCCc1ccc(CC(=O)N2CCN(Cc3cn4ccccc4n3)CC2)cc1. The molecule has 1 amide bonds. The number of benzene rings is 1.